The maximum absolute atomic E-state index is 12.9. The van der Waals surface area contributed by atoms with E-state index in [1.807, 2.05) is 36.1 Å². The predicted octanol–water partition coefficient (Wildman–Crippen LogP) is 2.88. The van der Waals surface area contributed by atoms with E-state index in [1.54, 1.807) is 19.1 Å². The van der Waals surface area contributed by atoms with Crippen LogP contribution in [0.1, 0.15) is 59.7 Å². The number of nitrogens with zero attached hydrogens (tertiary/aromatic N) is 1. The molecule has 160 valence electrons. The molecule has 1 saturated heterocycles. The van der Waals surface area contributed by atoms with Crippen LogP contribution in [0.15, 0.2) is 40.8 Å². The summed E-state index contributed by atoms with van der Waals surface area (Å²) in [6.07, 6.45) is 1.59. The summed E-state index contributed by atoms with van der Waals surface area (Å²) < 4.78 is 5.36. The van der Waals surface area contributed by atoms with E-state index in [4.69, 9.17) is 4.42 Å². The number of nitrogens with one attached hydrogen (secondary N) is 2. The summed E-state index contributed by atoms with van der Waals surface area (Å²) >= 11 is 0. The maximum atomic E-state index is 12.9. The van der Waals surface area contributed by atoms with Crippen LogP contribution in [0.25, 0.3) is 0 Å². The molecular weight excluding hydrogens is 382 g/mol. The fourth-order valence-electron chi connectivity index (χ4n) is 3.69. The molecule has 0 spiro atoms. The second kappa shape index (κ2) is 9.61. The molecule has 0 saturated carbocycles. The van der Waals surface area contributed by atoms with Gasteiger partial charge in [0.25, 0.3) is 5.91 Å². The van der Waals surface area contributed by atoms with Gasteiger partial charge in [0, 0.05) is 26.1 Å². The average Bonchev–Trinajstić information content (AvgIpc) is 3.15. The van der Waals surface area contributed by atoms with Gasteiger partial charge in [0.1, 0.15) is 5.76 Å². The van der Waals surface area contributed by atoms with Gasteiger partial charge < -0.3 is 20.0 Å². The Balaban J connectivity index is 1.53. The SMILES string of the molecule is CC(=O)NC(CC(=O)N1CCC(NC(=O)c2ccc(C)o2)CC1)c1ccc(C)cc1. The third kappa shape index (κ3) is 5.72. The Morgan fingerprint density at radius 3 is 2.30 bits per heavy atom. The molecule has 2 N–H and O–H groups in total. The number of hydrogen-bond donors (Lipinski definition) is 2. The van der Waals surface area contributed by atoms with Gasteiger partial charge in [0.15, 0.2) is 5.76 Å². The fraction of sp³-hybridized carbons (Fsp3) is 0.435. The summed E-state index contributed by atoms with van der Waals surface area (Å²) in [5, 5.41) is 5.87. The number of furan rings is 1. The van der Waals surface area contributed by atoms with Crippen LogP contribution in [0.4, 0.5) is 0 Å². The molecule has 1 atom stereocenters. The minimum atomic E-state index is -0.352. The minimum absolute atomic E-state index is 0.000705. The molecule has 7 nitrogen and oxygen atoms in total. The Labute approximate surface area is 176 Å². The summed E-state index contributed by atoms with van der Waals surface area (Å²) in [7, 11) is 0. The minimum Gasteiger partial charge on any atom is -0.456 e. The highest BCUT2D eigenvalue weighted by atomic mass is 16.3. The number of carbonyl (C=O) groups is 3. The van der Waals surface area contributed by atoms with Gasteiger partial charge in [-0.2, -0.15) is 0 Å². The number of rotatable bonds is 6. The zero-order valence-corrected chi connectivity index (χ0v) is 17.7. The topological polar surface area (TPSA) is 91.7 Å². The van der Waals surface area contributed by atoms with Crippen molar-refractivity contribution in [3.63, 3.8) is 0 Å². The Morgan fingerprint density at radius 2 is 1.73 bits per heavy atom. The molecule has 30 heavy (non-hydrogen) atoms. The molecule has 7 heteroatoms. The number of aryl methyl sites for hydroxylation is 2. The van der Waals surface area contributed by atoms with Crippen LogP contribution in [0.5, 0.6) is 0 Å². The van der Waals surface area contributed by atoms with E-state index in [1.165, 1.54) is 6.92 Å². The van der Waals surface area contributed by atoms with Crippen molar-refractivity contribution in [2.45, 2.75) is 52.1 Å². The summed E-state index contributed by atoms with van der Waals surface area (Å²) in [6.45, 7) is 6.40. The second-order valence-electron chi connectivity index (χ2n) is 7.91. The molecule has 1 fully saturated rings. The lowest BCUT2D eigenvalue weighted by Crippen LogP contribution is -2.47. The fourth-order valence-corrected chi connectivity index (χ4v) is 3.69. The van der Waals surface area contributed by atoms with Gasteiger partial charge in [-0.05, 0) is 44.4 Å². The highest BCUT2D eigenvalue weighted by molar-refractivity contribution is 5.91. The van der Waals surface area contributed by atoms with Crippen LogP contribution < -0.4 is 10.6 Å². The quantitative estimate of drug-likeness (QED) is 0.765. The number of hydrogen-bond acceptors (Lipinski definition) is 4. The summed E-state index contributed by atoms with van der Waals surface area (Å²) in [5.41, 5.74) is 2.04. The van der Waals surface area contributed by atoms with Gasteiger partial charge in [-0.1, -0.05) is 29.8 Å². The third-order valence-corrected chi connectivity index (χ3v) is 5.38. The van der Waals surface area contributed by atoms with Crippen LogP contribution in [0.3, 0.4) is 0 Å². The number of carbonyl (C=O) groups excluding carboxylic acids is 3. The molecule has 0 aliphatic carbocycles. The summed E-state index contributed by atoms with van der Waals surface area (Å²) in [4.78, 5) is 38.5. The van der Waals surface area contributed by atoms with Crippen LogP contribution in [0.2, 0.25) is 0 Å². The van der Waals surface area contributed by atoms with E-state index < -0.39 is 0 Å². The highest BCUT2D eigenvalue weighted by Gasteiger charge is 2.27. The molecule has 2 heterocycles. The largest absolute Gasteiger partial charge is 0.456 e. The first-order valence-corrected chi connectivity index (χ1v) is 10.3. The number of benzene rings is 1. The van der Waals surface area contributed by atoms with Gasteiger partial charge in [-0.15, -0.1) is 0 Å². The monoisotopic (exact) mass is 411 g/mol. The zero-order chi connectivity index (χ0) is 21.7. The van der Waals surface area contributed by atoms with Crippen LogP contribution in [-0.2, 0) is 9.59 Å². The predicted molar refractivity (Wildman–Crippen MR) is 113 cm³/mol. The van der Waals surface area contributed by atoms with Crippen molar-refractivity contribution >= 4 is 17.7 Å². The first-order chi connectivity index (χ1) is 14.3. The van der Waals surface area contributed by atoms with E-state index >= 15 is 0 Å². The first kappa shape index (κ1) is 21.6. The van der Waals surface area contributed by atoms with E-state index in [9.17, 15) is 14.4 Å². The van der Waals surface area contributed by atoms with Gasteiger partial charge >= 0.3 is 0 Å². The number of piperidine rings is 1. The Bertz CT molecular complexity index is 895. The van der Waals surface area contributed by atoms with E-state index in [-0.39, 0.29) is 36.2 Å². The molecule has 1 aliphatic heterocycles. The van der Waals surface area contributed by atoms with Crippen molar-refractivity contribution in [1.29, 1.82) is 0 Å². The Kier molecular flexibility index (Phi) is 6.92. The standard InChI is InChI=1S/C23H29N3O4/c1-15-4-7-18(8-5-15)20(24-17(3)27)14-22(28)26-12-10-19(11-13-26)25-23(29)21-9-6-16(2)30-21/h4-9,19-20H,10-14H2,1-3H3,(H,24,27)(H,25,29). The molecule has 1 aliphatic rings. The molecule has 1 aromatic carbocycles. The summed E-state index contributed by atoms with van der Waals surface area (Å²) in [6, 6.07) is 10.9. The molecule has 1 unspecified atom stereocenters. The molecule has 0 radical (unpaired) electrons. The van der Waals surface area contributed by atoms with Crippen LogP contribution in [0, 0.1) is 13.8 Å². The average molecular weight is 412 g/mol. The summed E-state index contributed by atoms with van der Waals surface area (Å²) in [5.74, 6) is 0.617. The lowest BCUT2D eigenvalue weighted by Gasteiger charge is -2.33. The Hall–Kier alpha value is -3.09. The van der Waals surface area contributed by atoms with Gasteiger partial charge in [0.2, 0.25) is 11.8 Å². The third-order valence-electron chi connectivity index (χ3n) is 5.38. The van der Waals surface area contributed by atoms with Crippen molar-refractivity contribution in [2.75, 3.05) is 13.1 Å². The smallest absolute Gasteiger partial charge is 0.287 e. The van der Waals surface area contributed by atoms with Gasteiger partial charge in [-0.25, -0.2) is 0 Å². The van der Waals surface area contributed by atoms with Crippen molar-refractivity contribution in [1.82, 2.24) is 15.5 Å². The molecular formula is C23H29N3O4. The Morgan fingerprint density at radius 1 is 1.07 bits per heavy atom. The lowest BCUT2D eigenvalue weighted by atomic mass is 10.00. The van der Waals surface area contributed by atoms with E-state index in [0.29, 0.717) is 37.5 Å². The molecule has 0 bridgehead atoms. The van der Waals surface area contributed by atoms with Gasteiger partial charge in [-0.3, -0.25) is 14.4 Å². The van der Waals surface area contributed by atoms with Crippen LogP contribution in [-0.4, -0.2) is 41.8 Å². The molecule has 3 amide bonds. The molecule has 2 aromatic rings. The normalized spacial score (nSPS) is 15.5. The lowest BCUT2D eigenvalue weighted by molar-refractivity contribution is -0.133. The molecule has 3 rings (SSSR count). The highest BCUT2D eigenvalue weighted by Crippen LogP contribution is 2.21. The second-order valence-corrected chi connectivity index (χ2v) is 7.91. The van der Waals surface area contributed by atoms with Crippen molar-refractivity contribution < 1.29 is 18.8 Å². The number of likely N-dealkylation sites (tertiary alicyclic amines) is 1. The van der Waals surface area contributed by atoms with E-state index in [2.05, 4.69) is 10.6 Å². The maximum Gasteiger partial charge on any atom is 0.287 e. The number of amides is 3. The van der Waals surface area contributed by atoms with Crippen molar-refractivity contribution in [3.05, 3.63) is 59.0 Å². The van der Waals surface area contributed by atoms with Crippen molar-refractivity contribution in [2.24, 2.45) is 0 Å². The van der Waals surface area contributed by atoms with Crippen molar-refractivity contribution in [3.8, 4) is 0 Å². The zero-order valence-electron chi connectivity index (χ0n) is 17.7. The van der Waals surface area contributed by atoms with Gasteiger partial charge in [0.05, 0.1) is 12.5 Å². The first-order valence-electron chi connectivity index (χ1n) is 10.3. The molecule has 1 aromatic heterocycles. The van der Waals surface area contributed by atoms with E-state index in [0.717, 1.165) is 11.1 Å². The van der Waals surface area contributed by atoms with Crippen LogP contribution >= 0.6 is 0 Å².